The second kappa shape index (κ2) is 19.1. The van der Waals surface area contributed by atoms with Gasteiger partial charge in [0.25, 0.3) is 15.6 Å². The molecule has 0 unspecified atom stereocenters. The number of rotatable bonds is 4. The normalized spacial score (nSPS) is 10.1. The molecule has 0 aliphatic heterocycles. The summed E-state index contributed by atoms with van der Waals surface area (Å²) < 4.78 is 17.5. The first-order chi connectivity index (χ1) is 8.83. The Balaban J connectivity index is -0.0000000853. The molecule has 0 saturated carbocycles. The van der Waals surface area contributed by atoms with Crippen LogP contribution in [0, 0.1) is 0 Å². The van der Waals surface area contributed by atoms with Gasteiger partial charge in [-0.15, -0.1) is 0 Å². The van der Waals surface area contributed by atoms with E-state index < -0.39 is 15.6 Å². The lowest BCUT2D eigenvalue weighted by atomic mass is 10.3. The molecule has 10 N–H and O–H groups in total. The smallest absolute Gasteiger partial charge is 0.262 e. The largest absolute Gasteiger partial charge is 0.756 e. The predicted molar refractivity (Wildman–Crippen MR) is 69.4 cm³/mol. The van der Waals surface area contributed by atoms with E-state index in [0.717, 1.165) is 13.1 Å². The zero-order chi connectivity index (χ0) is 17.2. The summed E-state index contributed by atoms with van der Waals surface area (Å²) in [5.41, 5.74) is 7.35. The number of hydrogen-bond acceptors (Lipinski definition) is 4. The molecule has 0 aromatic rings. The van der Waals surface area contributed by atoms with Crippen LogP contribution in [0.25, 0.3) is 0 Å². The van der Waals surface area contributed by atoms with Gasteiger partial charge < -0.3 is 40.8 Å². The average Bonchev–Trinajstić information content (AvgIpc) is 2.15. The molecule has 0 fully saturated rings. The van der Waals surface area contributed by atoms with Crippen molar-refractivity contribution in [1.29, 1.82) is 0 Å². The summed E-state index contributed by atoms with van der Waals surface area (Å²) in [5, 5.41) is 0. The maximum absolute atomic E-state index is 8.77. The quantitative estimate of drug-likeness (QED) is 0.287. The molecular weight excluding hydrogens is 314 g/mol. The fraction of sp³-hybridized carbons (Fsp3) is 1.00. The van der Waals surface area contributed by atoms with E-state index >= 15 is 0 Å². The van der Waals surface area contributed by atoms with Crippen LogP contribution in [0.15, 0.2) is 0 Å². The first-order valence-corrected chi connectivity index (χ1v) is 9.01. The lowest BCUT2D eigenvalue weighted by Crippen LogP contribution is -2.49. The third kappa shape index (κ3) is 311. The molecule has 0 heterocycles. The molecule has 0 radical (unpaired) electrons. The van der Waals surface area contributed by atoms with Crippen LogP contribution in [0.5, 0.6) is 0 Å². The highest BCUT2D eigenvalue weighted by atomic mass is 31.2. The lowest BCUT2D eigenvalue weighted by Gasteiger charge is -2.01. The standard InChI is InChI=1S/2C4H11N.2H3O4P/c2*1-2-3-4-5;2*1-5(2,3)4/h2*2-5H2,1H3;2*(H3,1,2,3,4). The summed E-state index contributed by atoms with van der Waals surface area (Å²) >= 11 is 0. The molecular formula is C8H28N2O8P2. The first kappa shape index (κ1) is 28.3. The van der Waals surface area contributed by atoms with Crippen molar-refractivity contribution in [1.82, 2.24) is 0 Å². The highest BCUT2D eigenvalue weighted by Crippen LogP contribution is 2.19. The fourth-order valence-corrected chi connectivity index (χ4v) is 0.500. The molecule has 128 valence electrons. The van der Waals surface area contributed by atoms with Crippen LogP contribution in [0.2, 0.25) is 0 Å². The summed E-state index contributed by atoms with van der Waals surface area (Å²) in [5.74, 6) is 0. The molecule has 0 rings (SSSR count). The number of phosphoric acid groups is 2. The Morgan fingerprint density at radius 3 is 0.950 bits per heavy atom. The number of unbranched alkanes of at least 4 members (excludes halogenated alkanes) is 2. The molecule has 0 spiro atoms. The topological polar surface area (TPSA) is 216 Å². The summed E-state index contributed by atoms with van der Waals surface area (Å²) in [7, 11) is -9.78. The second-order valence-electron chi connectivity index (χ2n) is 3.40. The molecule has 0 amide bonds. The van der Waals surface area contributed by atoms with Gasteiger partial charge in [-0.25, -0.2) is 0 Å². The minimum atomic E-state index is -4.89. The van der Waals surface area contributed by atoms with Crippen molar-refractivity contribution >= 4 is 15.6 Å². The van der Waals surface area contributed by atoms with Gasteiger partial charge in [0.05, 0.1) is 13.1 Å². The van der Waals surface area contributed by atoms with E-state index in [1.807, 2.05) is 0 Å². The third-order valence-electron chi connectivity index (χ3n) is 1.21. The Labute approximate surface area is 119 Å². The van der Waals surface area contributed by atoms with E-state index in [2.05, 4.69) is 25.3 Å². The van der Waals surface area contributed by atoms with Crippen LogP contribution >= 0.6 is 15.6 Å². The van der Waals surface area contributed by atoms with Crippen LogP contribution in [0.4, 0.5) is 0 Å². The van der Waals surface area contributed by atoms with Crippen LogP contribution in [-0.2, 0) is 9.13 Å². The summed E-state index contributed by atoms with van der Waals surface area (Å²) in [4.78, 5) is 45.8. The van der Waals surface area contributed by atoms with Gasteiger partial charge >= 0.3 is 0 Å². The van der Waals surface area contributed by atoms with Crippen molar-refractivity contribution in [2.24, 2.45) is 0 Å². The molecule has 0 bridgehead atoms. The highest BCUT2D eigenvalue weighted by Gasteiger charge is 1.82. The molecule has 0 aliphatic rings. The molecule has 20 heavy (non-hydrogen) atoms. The minimum absolute atomic E-state index is 1.09. The maximum atomic E-state index is 8.77. The Bertz CT molecular complexity index is 208. The second-order valence-corrected chi connectivity index (χ2v) is 5.36. The zero-order valence-corrected chi connectivity index (χ0v) is 13.8. The van der Waals surface area contributed by atoms with Crippen molar-refractivity contribution in [2.75, 3.05) is 13.1 Å². The maximum Gasteiger partial charge on any atom is 0.262 e. The van der Waals surface area contributed by atoms with Crippen LogP contribution in [0.1, 0.15) is 39.5 Å². The van der Waals surface area contributed by atoms with Gasteiger partial charge in [-0.1, -0.05) is 26.7 Å². The Hall–Kier alpha value is 0.140. The van der Waals surface area contributed by atoms with E-state index in [9.17, 15) is 0 Å². The number of quaternary nitrogens is 2. The van der Waals surface area contributed by atoms with Crippen molar-refractivity contribution < 1.29 is 50.0 Å². The molecule has 0 atom stereocenters. The molecule has 0 aromatic carbocycles. The van der Waals surface area contributed by atoms with Crippen molar-refractivity contribution in [3.63, 3.8) is 0 Å². The highest BCUT2D eigenvalue weighted by molar-refractivity contribution is 7.43. The predicted octanol–water partition coefficient (Wildman–Crippen LogP) is -3.06. The van der Waals surface area contributed by atoms with Gasteiger partial charge in [0.2, 0.25) is 0 Å². The molecule has 12 heteroatoms. The van der Waals surface area contributed by atoms with Crippen LogP contribution < -0.4 is 21.3 Å². The van der Waals surface area contributed by atoms with Crippen molar-refractivity contribution in [2.45, 2.75) is 39.5 Å². The van der Waals surface area contributed by atoms with E-state index in [0.29, 0.717) is 0 Å². The van der Waals surface area contributed by atoms with Gasteiger partial charge in [-0.05, 0) is 12.8 Å². The molecule has 10 nitrogen and oxygen atoms in total. The molecule has 0 saturated heterocycles. The van der Waals surface area contributed by atoms with Crippen molar-refractivity contribution in [3.8, 4) is 0 Å². The summed E-state index contributed by atoms with van der Waals surface area (Å²) in [6.07, 6.45) is 5.12. The average molecular weight is 342 g/mol. The van der Waals surface area contributed by atoms with E-state index in [-0.39, 0.29) is 0 Å². The Kier molecular flexibility index (Phi) is 27.1. The van der Waals surface area contributed by atoms with Gasteiger partial charge in [0.15, 0.2) is 0 Å². The van der Waals surface area contributed by atoms with Gasteiger partial charge in [-0.2, -0.15) is 0 Å². The third-order valence-corrected chi connectivity index (χ3v) is 1.21. The summed E-state index contributed by atoms with van der Waals surface area (Å²) in [6.45, 7) is 6.53. The zero-order valence-electron chi connectivity index (χ0n) is 12.0. The number of hydrogen-bond donors (Lipinski definition) is 6. The van der Waals surface area contributed by atoms with E-state index in [4.69, 9.17) is 38.5 Å². The first-order valence-electron chi connectivity index (χ1n) is 5.94. The van der Waals surface area contributed by atoms with Gasteiger partial charge in [0, 0.05) is 0 Å². The van der Waals surface area contributed by atoms with Gasteiger partial charge in [-0.3, -0.25) is 9.13 Å². The molecule has 0 aliphatic carbocycles. The molecule has 0 aromatic heterocycles. The lowest BCUT2D eigenvalue weighted by molar-refractivity contribution is -0.368. The van der Waals surface area contributed by atoms with E-state index in [1.54, 1.807) is 0 Å². The Morgan fingerprint density at radius 2 is 0.950 bits per heavy atom. The SMILES string of the molecule is CCCC[NH3+].CCCC[NH3+].O=P([O-])(O)O.O=P([O-])(O)O. The monoisotopic (exact) mass is 342 g/mol. The van der Waals surface area contributed by atoms with Crippen LogP contribution in [0.3, 0.4) is 0 Å². The Morgan fingerprint density at radius 1 is 0.800 bits per heavy atom. The van der Waals surface area contributed by atoms with Crippen LogP contribution in [-0.4, -0.2) is 32.7 Å². The minimum Gasteiger partial charge on any atom is -0.756 e. The fourth-order valence-electron chi connectivity index (χ4n) is 0.500. The summed E-state index contributed by atoms with van der Waals surface area (Å²) in [6, 6.07) is 0. The van der Waals surface area contributed by atoms with Gasteiger partial charge in [0.1, 0.15) is 0 Å². The van der Waals surface area contributed by atoms with E-state index in [1.165, 1.54) is 25.7 Å². The van der Waals surface area contributed by atoms with Crippen molar-refractivity contribution in [3.05, 3.63) is 0 Å².